The van der Waals surface area contributed by atoms with Crippen LogP contribution in [0, 0.1) is 0 Å². The third-order valence-corrected chi connectivity index (χ3v) is 4.61. The summed E-state index contributed by atoms with van der Waals surface area (Å²) in [5, 5.41) is 7.89. The summed E-state index contributed by atoms with van der Waals surface area (Å²) in [5.74, 6) is 2.38. The third-order valence-electron chi connectivity index (χ3n) is 4.61. The summed E-state index contributed by atoms with van der Waals surface area (Å²) >= 11 is 0. The molecule has 2 aromatic carbocycles. The summed E-state index contributed by atoms with van der Waals surface area (Å²) < 4.78 is 12.9. The topological polar surface area (TPSA) is 61.2 Å². The van der Waals surface area contributed by atoms with E-state index >= 15 is 0 Å². The van der Waals surface area contributed by atoms with Crippen LogP contribution in [-0.2, 0) is 0 Å². The van der Waals surface area contributed by atoms with E-state index in [1.807, 2.05) is 22.9 Å². The predicted molar refractivity (Wildman–Crippen MR) is 88.1 cm³/mol. The number of hydrogen-bond donors (Lipinski definition) is 1. The molecule has 2 atom stereocenters. The van der Waals surface area contributed by atoms with Crippen LogP contribution in [0.5, 0.6) is 11.5 Å². The van der Waals surface area contributed by atoms with Gasteiger partial charge in [-0.05, 0) is 29.7 Å². The van der Waals surface area contributed by atoms with E-state index in [4.69, 9.17) is 9.47 Å². The Balaban J connectivity index is 1.55. The largest absolute Gasteiger partial charge is 0.454 e. The second-order valence-corrected chi connectivity index (χ2v) is 6.00. The smallest absolute Gasteiger partial charge is 0.231 e. The molecule has 120 valence electrons. The first-order chi connectivity index (χ1) is 11.9. The van der Waals surface area contributed by atoms with Gasteiger partial charge in [-0.15, -0.1) is 0 Å². The van der Waals surface area contributed by atoms with E-state index in [0.29, 0.717) is 0 Å². The normalized spacial score (nSPS) is 21.2. The van der Waals surface area contributed by atoms with Crippen LogP contribution in [0.15, 0.2) is 54.9 Å². The molecule has 0 saturated carbocycles. The van der Waals surface area contributed by atoms with Crippen molar-refractivity contribution in [2.75, 3.05) is 12.1 Å². The molecule has 0 aliphatic carbocycles. The Hall–Kier alpha value is -3.02. The van der Waals surface area contributed by atoms with E-state index in [1.54, 1.807) is 6.33 Å². The van der Waals surface area contributed by atoms with Crippen molar-refractivity contribution in [3.05, 3.63) is 66.0 Å². The Morgan fingerprint density at radius 3 is 2.79 bits per heavy atom. The van der Waals surface area contributed by atoms with Crippen LogP contribution in [0.2, 0.25) is 0 Å². The monoisotopic (exact) mass is 320 g/mol. The summed E-state index contributed by atoms with van der Waals surface area (Å²) in [6.07, 6.45) is 2.48. The summed E-state index contributed by atoms with van der Waals surface area (Å²) in [7, 11) is 0. The van der Waals surface area contributed by atoms with Crippen molar-refractivity contribution in [3.8, 4) is 11.5 Å². The molecule has 0 radical (unpaired) electrons. The molecule has 1 aromatic heterocycles. The number of hydrogen-bond acceptors (Lipinski definition) is 5. The van der Waals surface area contributed by atoms with Gasteiger partial charge in [0.05, 0.1) is 12.1 Å². The van der Waals surface area contributed by atoms with Crippen molar-refractivity contribution in [3.63, 3.8) is 0 Å². The van der Waals surface area contributed by atoms with Crippen molar-refractivity contribution in [1.82, 2.24) is 14.8 Å². The first-order valence-electron chi connectivity index (χ1n) is 7.99. The zero-order chi connectivity index (χ0) is 15.9. The van der Waals surface area contributed by atoms with Crippen LogP contribution in [0.3, 0.4) is 0 Å². The maximum Gasteiger partial charge on any atom is 0.231 e. The van der Waals surface area contributed by atoms with Crippen LogP contribution in [0.4, 0.5) is 5.95 Å². The molecular weight excluding hydrogens is 304 g/mol. The van der Waals surface area contributed by atoms with Gasteiger partial charge in [0.25, 0.3) is 0 Å². The van der Waals surface area contributed by atoms with Gasteiger partial charge in [0.1, 0.15) is 6.33 Å². The maximum atomic E-state index is 5.53. The van der Waals surface area contributed by atoms with E-state index < -0.39 is 0 Å². The number of benzene rings is 2. The SMILES string of the molecule is c1ccc([C@H]2C[C@H](c3ccc4c(c3)OCO4)n3ncnc3N2)cc1. The lowest BCUT2D eigenvalue weighted by Crippen LogP contribution is -2.28. The number of nitrogens with one attached hydrogen (secondary N) is 1. The summed E-state index contributed by atoms with van der Waals surface area (Å²) in [5.41, 5.74) is 2.39. The molecule has 2 aliphatic heterocycles. The molecule has 0 saturated heterocycles. The molecule has 2 aliphatic rings. The minimum Gasteiger partial charge on any atom is -0.454 e. The Labute approximate surface area is 139 Å². The van der Waals surface area contributed by atoms with Crippen molar-refractivity contribution >= 4 is 5.95 Å². The third kappa shape index (κ3) is 2.11. The summed E-state index contributed by atoms with van der Waals surface area (Å²) in [6, 6.07) is 16.8. The minimum absolute atomic E-state index is 0.100. The Kier molecular flexibility index (Phi) is 2.94. The standard InChI is InChI=1S/C18H16N4O2/c1-2-4-12(5-3-1)14-9-15(22-18(21-14)19-10-20-22)13-6-7-16-17(8-13)24-11-23-16/h1-8,10,14-15H,9,11H2,(H,19,20,21)/t14-,15-/m1/s1. The fraction of sp³-hybridized carbons (Fsp3) is 0.222. The average molecular weight is 320 g/mol. The molecular formula is C18H16N4O2. The van der Waals surface area contributed by atoms with Crippen molar-refractivity contribution in [1.29, 1.82) is 0 Å². The van der Waals surface area contributed by atoms with Gasteiger partial charge in [-0.2, -0.15) is 10.1 Å². The number of ether oxygens (including phenoxy) is 2. The van der Waals surface area contributed by atoms with Crippen LogP contribution in [0.1, 0.15) is 29.6 Å². The molecule has 1 N–H and O–H groups in total. The minimum atomic E-state index is 0.100. The number of anilines is 1. The number of rotatable bonds is 2. The van der Waals surface area contributed by atoms with E-state index in [-0.39, 0.29) is 18.9 Å². The Morgan fingerprint density at radius 1 is 1.00 bits per heavy atom. The number of aromatic nitrogens is 3. The van der Waals surface area contributed by atoms with Crippen molar-refractivity contribution in [2.24, 2.45) is 0 Å². The molecule has 0 unspecified atom stereocenters. The second kappa shape index (κ2) is 5.26. The van der Waals surface area contributed by atoms with Gasteiger partial charge in [0.2, 0.25) is 12.7 Å². The molecule has 0 amide bonds. The van der Waals surface area contributed by atoms with Gasteiger partial charge in [0.15, 0.2) is 11.5 Å². The van der Waals surface area contributed by atoms with Crippen LogP contribution >= 0.6 is 0 Å². The highest BCUT2D eigenvalue weighted by molar-refractivity contribution is 5.47. The van der Waals surface area contributed by atoms with Gasteiger partial charge in [0, 0.05) is 0 Å². The molecule has 24 heavy (non-hydrogen) atoms. The highest BCUT2D eigenvalue weighted by Crippen LogP contribution is 2.40. The van der Waals surface area contributed by atoms with Crippen LogP contribution in [0.25, 0.3) is 0 Å². The van der Waals surface area contributed by atoms with Gasteiger partial charge in [-0.3, -0.25) is 0 Å². The van der Waals surface area contributed by atoms with E-state index in [9.17, 15) is 0 Å². The quantitative estimate of drug-likeness (QED) is 0.786. The van der Waals surface area contributed by atoms with Gasteiger partial charge in [-0.25, -0.2) is 4.68 Å². The zero-order valence-electron chi connectivity index (χ0n) is 12.9. The highest BCUT2D eigenvalue weighted by atomic mass is 16.7. The Morgan fingerprint density at radius 2 is 1.88 bits per heavy atom. The van der Waals surface area contributed by atoms with Gasteiger partial charge < -0.3 is 14.8 Å². The maximum absolute atomic E-state index is 5.53. The van der Waals surface area contributed by atoms with E-state index in [1.165, 1.54) is 5.56 Å². The molecule has 6 heteroatoms. The van der Waals surface area contributed by atoms with Crippen molar-refractivity contribution < 1.29 is 9.47 Å². The van der Waals surface area contributed by atoms with Gasteiger partial charge in [-0.1, -0.05) is 36.4 Å². The first-order valence-corrected chi connectivity index (χ1v) is 7.99. The molecule has 0 bridgehead atoms. The molecule has 6 nitrogen and oxygen atoms in total. The lowest BCUT2D eigenvalue weighted by atomic mass is 9.93. The summed E-state index contributed by atoms with van der Waals surface area (Å²) in [6.45, 7) is 0.284. The Bertz CT molecular complexity index is 878. The molecule has 0 fully saturated rings. The lowest BCUT2D eigenvalue weighted by molar-refractivity contribution is 0.174. The lowest BCUT2D eigenvalue weighted by Gasteiger charge is -2.31. The molecule has 5 rings (SSSR count). The highest BCUT2D eigenvalue weighted by Gasteiger charge is 2.30. The summed E-state index contributed by atoms with van der Waals surface area (Å²) in [4.78, 5) is 4.37. The first kappa shape index (κ1) is 13.4. The fourth-order valence-corrected chi connectivity index (χ4v) is 3.42. The van der Waals surface area contributed by atoms with Crippen molar-refractivity contribution in [2.45, 2.75) is 18.5 Å². The number of nitrogens with zero attached hydrogens (tertiary/aromatic N) is 3. The fourth-order valence-electron chi connectivity index (χ4n) is 3.42. The van der Waals surface area contributed by atoms with Crippen LogP contribution < -0.4 is 14.8 Å². The average Bonchev–Trinajstić information content (AvgIpc) is 3.29. The zero-order valence-corrected chi connectivity index (χ0v) is 12.9. The molecule has 0 spiro atoms. The molecule has 3 heterocycles. The van der Waals surface area contributed by atoms with Crippen LogP contribution in [-0.4, -0.2) is 21.6 Å². The van der Waals surface area contributed by atoms with E-state index in [0.717, 1.165) is 29.4 Å². The second-order valence-electron chi connectivity index (χ2n) is 6.00. The molecule has 3 aromatic rings. The number of fused-ring (bicyclic) bond motifs is 2. The van der Waals surface area contributed by atoms with E-state index in [2.05, 4.69) is 45.7 Å². The van der Waals surface area contributed by atoms with Gasteiger partial charge >= 0.3 is 0 Å². The predicted octanol–water partition coefficient (Wildman–Crippen LogP) is 3.15.